The fourth-order valence-corrected chi connectivity index (χ4v) is 3.01. The van der Waals surface area contributed by atoms with Crippen molar-refractivity contribution >= 4 is 0 Å². The second-order valence-corrected chi connectivity index (χ2v) is 5.72. The highest BCUT2D eigenvalue weighted by atomic mass is 16.5. The molecule has 1 saturated carbocycles. The zero-order chi connectivity index (χ0) is 13.0. The molecule has 2 unspecified atom stereocenters. The van der Waals surface area contributed by atoms with Crippen molar-refractivity contribution in [3.63, 3.8) is 0 Å². The minimum Gasteiger partial charge on any atom is -0.377 e. The third kappa shape index (κ3) is 3.23. The Morgan fingerprint density at radius 2 is 2.22 bits per heavy atom. The van der Waals surface area contributed by atoms with Crippen molar-refractivity contribution in [1.82, 2.24) is 10.2 Å². The van der Waals surface area contributed by atoms with Gasteiger partial charge in [-0.3, -0.25) is 5.32 Å². The van der Waals surface area contributed by atoms with Crippen LogP contribution < -0.4 is 5.32 Å². The molecule has 2 fully saturated rings. The molecule has 2 aliphatic rings. The lowest BCUT2D eigenvalue weighted by atomic mass is 9.94. The molecule has 4 nitrogen and oxygen atoms in total. The van der Waals surface area contributed by atoms with Crippen LogP contribution in [0.3, 0.4) is 0 Å². The Balaban J connectivity index is 1.89. The van der Waals surface area contributed by atoms with E-state index >= 15 is 0 Å². The second kappa shape index (κ2) is 6.01. The molecule has 4 heteroatoms. The lowest BCUT2D eigenvalue weighted by molar-refractivity contribution is 0.0736. The Morgan fingerprint density at radius 3 is 2.72 bits per heavy atom. The van der Waals surface area contributed by atoms with Crippen molar-refractivity contribution in [2.75, 3.05) is 33.3 Å². The van der Waals surface area contributed by atoms with Gasteiger partial charge in [0.1, 0.15) is 5.54 Å². The van der Waals surface area contributed by atoms with Crippen molar-refractivity contribution in [2.24, 2.45) is 5.92 Å². The van der Waals surface area contributed by atoms with Crippen LogP contribution >= 0.6 is 0 Å². The summed E-state index contributed by atoms with van der Waals surface area (Å²) in [6.07, 6.45) is 5.08. The van der Waals surface area contributed by atoms with E-state index in [9.17, 15) is 5.26 Å². The monoisotopic (exact) mass is 251 g/mol. The lowest BCUT2D eigenvalue weighted by Gasteiger charge is -2.33. The van der Waals surface area contributed by atoms with Crippen LogP contribution in [0.2, 0.25) is 0 Å². The first kappa shape index (κ1) is 13.8. The predicted octanol–water partition coefficient (Wildman–Crippen LogP) is 1.38. The largest absolute Gasteiger partial charge is 0.377 e. The molecule has 1 heterocycles. The third-order valence-electron chi connectivity index (χ3n) is 4.02. The van der Waals surface area contributed by atoms with Gasteiger partial charge in [-0.15, -0.1) is 0 Å². The minimum absolute atomic E-state index is 0.345. The highest BCUT2D eigenvalue weighted by Gasteiger charge is 2.45. The molecular weight excluding hydrogens is 226 g/mol. The van der Waals surface area contributed by atoms with E-state index in [-0.39, 0.29) is 5.54 Å². The van der Waals surface area contributed by atoms with Crippen LogP contribution in [-0.2, 0) is 4.74 Å². The zero-order valence-corrected chi connectivity index (χ0v) is 11.6. The summed E-state index contributed by atoms with van der Waals surface area (Å²) in [5, 5.41) is 13.0. The molecule has 2 rings (SSSR count). The quantitative estimate of drug-likeness (QED) is 0.742. The normalized spacial score (nSPS) is 27.1. The average molecular weight is 251 g/mol. The van der Waals surface area contributed by atoms with Gasteiger partial charge in [0.2, 0.25) is 0 Å². The Kier molecular flexibility index (Phi) is 4.60. The van der Waals surface area contributed by atoms with E-state index in [0.717, 1.165) is 32.7 Å². The molecule has 0 radical (unpaired) electrons. The predicted molar refractivity (Wildman–Crippen MR) is 71.2 cm³/mol. The SMILES string of the molecule is CCNC(C#N)(CN(C)CC1CCCO1)C1CC1. The number of likely N-dealkylation sites (N-methyl/N-ethyl adjacent to an activating group) is 2. The third-order valence-corrected chi connectivity index (χ3v) is 4.02. The average Bonchev–Trinajstić information content (AvgIpc) is 3.09. The standard InChI is InChI=1S/C14H25N3O/c1-3-16-14(10-15,12-6-7-12)11-17(2)9-13-5-4-8-18-13/h12-13,16H,3-9,11H2,1-2H3. The minimum atomic E-state index is -0.345. The maximum absolute atomic E-state index is 9.56. The second-order valence-electron chi connectivity index (χ2n) is 5.72. The number of nitriles is 1. The van der Waals surface area contributed by atoms with Gasteiger partial charge < -0.3 is 9.64 Å². The maximum atomic E-state index is 9.56. The Bertz CT molecular complexity index is 305. The molecule has 0 aromatic rings. The van der Waals surface area contributed by atoms with Crippen molar-refractivity contribution in [3.8, 4) is 6.07 Å². The summed E-state index contributed by atoms with van der Waals surface area (Å²) in [7, 11) is 2.10. The number of hydrogen-bond donors (Lipinski definition) is 1. The molecule has 0 aromatic heterocycles. The highest BCUT2D eigenvalue weighted by molar-refractivity contribution is 5.16. The Hall–Kier alpha value is -0.630. The summed E-state index contributed by atoms with van der Waals surface area (Å²) >= 11 is 0. The summed E-state index contributed by atoms with van der Waals surface area (Å²) in [4.78, 5) is 2.26. The van der Waals surface area contributed by atoms with E-state index in [1.54, 1.807) is 0 Å². The maximum Gasteiger partial charge on any atom is 0.122 e. The molecule has 0 spiro atoms. The zero-order valence-electron chi connectivity index (χ0n) is 11.6. The molecule has 102 valence electrons. The first-order valence-corrected chi connectivity index (χ1v) is 7.16. The summed E-state index contributed by atoms with van der Waals surface area (Å²) < 4.78 is 5.66. The van der Waals surface area contributed by atoms with Crippen LogP contribution in [-0.4, -0.2) is 49.8 Å². The van der Waals surface area contributed by atoms with E-state index in [1.165, 1.54) is 19.3 Å². The van der Waals surface area contributed by atoms with Crippen LogP contribution in [0, 0.1) is 17.2 Å². The van der Waals surface area contributed by atoms with Crippen molar-refractivity contribution in [3.05, 3.63) is 0 Å². The van der Waals surface area contributed by atoms with Gasteiger partial charge in [-0.05, 0) is 45.2 Å². The number of rotatable bonds is 7. The molecule has 2 atom stereocenters. The van der Waals surface area contributed by atoms with Crippen LogP contribution in [0.5, 0.6) is 0 Å². The fraction of sp³-hybridized carbons (Fsp3) is 0.929. The van der Waals surface area contributed by atoms with Gasteiger partial charge in [-0.25, -0.2) is 0 Å². The van der Waals surface area contributed by atoms with Crippen LogP contribution in [0.1, 0.15) is 32.6 Å². The van der Waals surface area contributed by atoms with Crippen molar-refractivity contribution < 1.29 is 4.74 Å². The number of nitrogens with zero attached hydrogens (tertiary/aromatic N) is 2. The van der Waals surface area contributed by atoms with Crippen LogP contribution in [0.4, 0.5) is 0 Å². The van der Waals surface area contributed by atoms with Gasteiger partial charge in [0.15, 0.2) is 0 Å². The molecular formula is C14H25N3O. The summed E-state index contributed by atoms with van der Waals surface area (Å²) in [5.74, 6) is 0.536. The lowest BCUT2D eigenvalue weighted by Crippen LogP contribution is -2.54. The molecule has 18 heavy (non-hydrogen) atoms. The molecule has 0 aromatic carbocycles. The fourth-order valence-electron chi connectivity index (χ4n) is 3.01. The van der Waals surface area contributed by atoms with Crippen LogP contribution in [0.15, 0.2) is 0 Å². The first-order chi connectivity index (χ1) is 8.70. The summed E-state index contributed by atoms with van der Waals surface area (Å²) in [6, 6.07) is 2.54. The number of ether oxygens (including phenoxy) is 1. The highest BCUT2D eigenvalue weighted by Crippen LogP contribution is 2.39. The van der Waals surface area contributed by atoms with Gasteiger partial charge in [0.25, 0.3) is 0 Å². The van der Waals surface area contributed by atoms with E-state index in [1.807, 2.05) is 0 Å². The van der Waals surface area contributed by atoms with E-state index in [0.29, 0.717) is 12.0 Å². The molecule has 1 N–H and O–H groups in total. The smallest absolute Gasteiger partial charge is 0.122 e. The molecule has 0 amide bonds. The van der Waals surface area contributed by atoms with Gasteiger partial charge in [-0.1, -0.05) is 6.92 Å². The topological polar surface area (TPSA) is 48.3 Å². The Labute approximate surface area is 110 Å². The van der Waals surface area contributed by atoms with E-state index < -0.39 is 0 Å². The molecule has 1 saturated heterocycles. The van der Waals surface area contributed by atoms with Gasteiger partial charge in [0, 0.05) is 19.7 Å². The molecule has 0 bridgehead atoms. The van der Waals surface area contributed by atoms with E-state index in [4.69, 9.17) is 4.74 Å². The van der Waals surface area contributed by atoms with Crippen LogP contribution in [0.25, 0.3) is 0 Å². The van der Waals surface area contributed by atoms with Crippen molar-refractivity contribution in [2.45, 2.75) is 44.2 Å². The van der Waals surface area contributed by atoms with E-state index in [2.05, 4.69) is 30.3 Å². The van der Waals surface area contributed by atoms with Crippen molar-refractivity contribution in [1.29, 1.82) is 5.26 Å². The Morgan fingerprint density at radius 1 is 1.44 bits per heavy atom. The number of hydrogen-bond acceptors (Lipinski definition) is 4. The van der Waals surface area contributed by atoms with Gasteiger partial charge in [-0.2, -0.15) is 5.26 Å². The van der Waals surface area contributed by atoms with Gasteiger partial charge >= 0.3 is 0 Å². The summed E-state index contributed by atoms with van der Waals surface area (Å²) in [5.41, 5.74) is -0.345. The summed E-state index contributed by atoms with van der Waals surface area (Å²) in [6.45, 7) is 5.59. The van der Waals surface area contributed by atoms with Gasteiger partial charge in [0.05, 0.1) is 12.2 Å². The first-order valence-electron chi connectivity index (χ1n) is 7.16. The molecule has 1 aliphatic heterocycles. The molecule has 1 aliphatic carbocycles. The number of nitrogens with one attached hydrogen (secondary N) is 1.